The third kappa shape index (κ3) is 5.44. The van der Waals surface area contributed by atoms with Crippen LogP contribution in [0.15, 0.2) is 60.7 Å². The molecule has 3 heteroatoms. The van der Waals surface area contributed by atoms with E-state index < -0.39 is 0 Å². The first kappa shape index (κ1) is 17.1. The number of carbonyl (C=O) groups excluding carboxylic acids is 1. The molecule has 2 aromatic carbocycles. The van der Waals surface area contributed by atoms with E-state index >= 15 is 0 Å². The molecule has 0 saturated carbocycles. The Hall–Kier alpha value is -2.29. The van der Waals surface area contributed by atoms with Crippen molar-refractivity contribution < 1.29 is 9.53 Å². The molecule has 23 heavy (non-hydrogen) atoms. The predicted molar refractivity (Wildman–Crippen MR) is 94.5 cm³/mol. The van der Waals surface area contributed by atoms with Gasteiger partial charge in [-0.3, -0.25) is 4.79 Å². The standard InChI is InChI=1S/C20H25NO2/c1-15(2)14-19(21-17-10-6-4-7-11-17)16(3)20(22)23-18-12-8-5-9-13-18/h4-13,15-16,19,21H,14H2,1-3H3/t16-,19-/m1/s1. The van der Waals surface area contributed by atoms with E-state index in [9.17, 15) is 4.79 Å². The van der Waals surface area contributed by atoms with Crippen molar-refractivity contribution in [1.82, 2.24) is 0 Å². The molecule has 3 nitrogen and oxygen atoms in total. The van der Waals surface area contributed by atoms with Crippen LogP contribution in [0.5, 0.6) is 5.75 Å². The topological polar surface area (TPSA) is 38.3 Å². The van der Waals surface area contributed by atoms with E-state index in [1.807, 2.05) is 55.5 Å². The largest absolute Gasteiger partial charge is 0.426 e. The first-order valence-corrected chi connectivity index (χ1v) is 8.14. The highest BCUT2D eigenvalue weighted by Crippen LogP contribution is 2.21. The molecule has 0 aromatic heterocycles. The molecule has 0 heterocycles. The van der Waals surface area contributed by atoms with Crippen molar-refractivity contribution >= 4 is 11.7 Å². The first-order valence-electron chi connectivity index (χ1n) is 8.14. The summed E-state index contributed by atoms with van der Waals surface area (Å²) in [4.78, 5) is 12.5. The van der Waals surface area contributed by atoms with Crippen molar-refractivity contribution in [1.29, 1.82) is 0 Å². The Morgan fingerprint density at radius 2 is 1.52 bits per heavy atom. The number of nitrogens with one attached hydrogen (secondary N) is 1. The van der Waals surface area contributed by atoms with Crippen molar-refractivity contribution in [3.05, 3.63) is 60.7 Å². The molecular formula is C20H25NO2. The fourth-order valence-corrected chi connectivity index (χ4v) is 2.51. The van der Waals surface area contributed by atoms with Crippen molar-refractivity contribution in [3.8, 4) is 5.75 Å². The van der Waals surface area contributed by atoms with Crippen LogP contribution in [0, 0.1) is 11.8 Å². The maximum Gasteiger partial charge on any atom is 0.316 e. The van der Waals surface area contributed by atoms with Gasteiger partial charge < -0.3 is 10.1 Å². The van der Waals surface area contributed by atoms with Gasteiger partial charge in [0.05, 0.1) is 5.92 Å². The monoisotopic (exact) mass is 311 g/mol. The lowest BCUT2D eigenvalue weighted by Gasteiger charge is -2.26. The zero-order valence-electron chi connectivity index (χ0n) is 14.0. The summed E-state index contributed by atoms with van der Waals surface area (Å²) in [7, 11) is 0. The van der Waals surface area contributed by atoms with E-state index in [4.69, 9.17) is 4.74 Å². The average molecular weight is 311 g/mol. The third-order valence-electron chi connectivity index (χ3n) is 3.79. The van der Waals surface area contributed by atoms with Gasteiger partial charge in [-0.15, -0.1) is 0 Å². The van der Waals surface area contributed by atoms with Crippen LogP contribution in [0.1, 0.15) is 27.2 Å². The maximum absolute atomic E-state index is 12.5. The van der Waals surface area contributed by atoms with Gasteiger partial charge >= 0.3 is 5.97 Å². The highest BCUT2D eigenvalue weighted by molar-refractivity contribution is 5.76. The number of carbonyl (C=O) groups is 1. The number of esters is 1. The normalized spacial score (nSPS) is 13.4. The van der Waals surface area contributed by atoms with E-state index in [-0.39, 0.29) is 17.9 Å². The number of hydrogen-bond acceptors (Lipinski definition) is 3. The first-order chi connectivity index (χ1) is 11.1. The SMILES string of the molecule is CC(C)C[C@@H](Nc1ccccc1)[C@@H](C)C(=O)Oc1ccccc1. The van der Waals surface area contributed by atoms with E-state index in [1.165, 1.54) is 0 Å². The van der Waals surface area contributed by atoms with Crippen LogP contribution in [-0.4, -0.2) is 12.0 Å². The van der Waals surface area contributed by atoms with E-state index in [1.54, 1.807) is 12.1 Å². The highest BCUT2D eigenvalue weighted by atomic mass is 16.5. The van der Waals surface area contributed by atoms with Crippen LogP contribution < -0.4 is 10.1 Å². The summed E-state index contributed by atoms with van der Waals surface area (Å²) in [5.74, 6) is 0.638. The molecule has 122 valence electrons. The Labute approximate surface area is 138 Å². The number of hydrogen-bond donors (Lipinski definition) is 1. The van der Waals surface area contributed by atoms with Crippen LogP contribution in [0.4, 0.5) is 5.69 Å². The van der Waals surface area contributed by atoms with Crippen LogP contribution in [0.2, 0.25) is 0 Å². The summed E-state index contributed by atoms with van der Waals surface area (Å²) in [6, 6.07) is 19.2. The fraction of sp³-hybridized carbons (Fsp3) is 0.350. The van der Waals surface area contributed by atoms with Gasteiger partial charge in [-0.05, 0) is 43.5 Å². The Balaban J connectivity index is 2.06. The minimum Gasteiger partial charge on any atom is -0.426 e. The Morgan fingerprint density at radius 1 is 0.957 bits per heavy atom. The second-order valence-corrected chi connectivity index (χ2v) is 6.27. The minimum atomic E-state index is -0.238. The molecule has 0 spiro atoms. The summed E-state index contributed by atoms with van der Waals surface area (Å²) in [6.45, 7) is 6.25. The molecule has 0 radical (unpaired) electrons. The van der Waals surface area contributed by atoms with Crippen LogP contribution in [-0.2, 0) is 4.79 Å². The number of rotatable bonds is 7. The Morgan fingerprint density at radius 3 is 2.09 bits per heavy atom. The molecule has 0 amide bonds. The molecule has 0 saturated heterocycles. The van der Waals surface area contributed by atoms with E-state index in [0.29, 0.717) is 11.7 Å². The highest BCUT2D eigenvalue weighted by Gasteiger charge is 2.26. The summed E-state index contributed by atoms with van der Waals surface area (Å²) < 4.78 is 5.50. The lowest BCUT2D eigenvalue weighted by molar-refractivity contribution is -0.138. The zero-order chi connectivity index (χ0) is 16.7. The fourth-order valence-electron chi connectivity index (χ4n) is 2.51. The molecule has 2 aromatic rings. The quantitative estimate of drug-likeness (QED) is 0.592. The van der Waals surface area contributed by atoms with Crippen LogP contribution >= 0.6 is 0 Å². The second-order valence-electron chi connectivity index (χ2n) is 6.27. The third-order valence-corrected chi connectivity index (χ3v) is 3.79. The Bertz CT molecular complexity index is 596. The van der Waals surface area contributed by atoms with E-state index in [2.05, 4.69) is 19.2 Å². The predicted octanol–water partition coefficient (Wildman–Crippen LogP) is 4.75. The molecule has 1 N–H and O–H groups in total. The van der Waals surface area contributed by atoms with Gasteiger partial charge in [-0.2, -0.15) is 0 Å². The molecule has 0 aliphatic heterocycles. The minimum absolute atomic E-state index is 0.0358. The average Bonchev–Trinajstić information content (AvgIpc) is 2.55. The number of ether oxygens (including phenoxy) is 1. The molecule has 0 bridgehead atoms. The number of benzene rings is 2. The van der Waals surface area contributed by atoms with Crippen molar-refractivity contribution in [2.24, 2.45) is 11.8 Å². The van der Waals surface area contributed by atoms with Gasteiger partial charge in [0.1, 0.15) is 5.75 Å². The lowest BCUT2D eigenvalue weighted by atomic mass is 9.93. The van der Waals surface area contributed by atoms with Crippen molar-refractivity contribution in [2.75, 3.05) is 5.32 Å². The van der Waals surface area contributed by atoms with Gasteiger partial charge in [-0.25, -0.2) is 0 Å². The molecule has 0 aliphatic rings. The summed E-state index contributed by atoms with van der Waals surface area (Å²) in [5.41, 5.74) is 1.03. The van der Waals surface area contributed by atoms with Crippen LogP contribution in [0.25, 0.3) is 0 Å². The van der Waals surface area contributed by atoms with Crippen LogP contribution in [0.3, 0.4) is 0 Å². The van der Waals surface area contributed by atoms with Crippen molar-refractivity contribution in [2.45, 2.75) is 33.2 Å². The van der Waals surface area contributed by atoms with Gasteiger partial charge in [0.15, 0.2) is 0 Å². The zero-order valence-corrected chi connectivity index (χ0v) is 14.0. The van der Waals surface area contributed by atoms with Gasteiger partial charge in [0.25, 0.3) is 0 Å². The second kappa shape index (κ2) is 8.37. The lowest BCUT2D eigenvalue weighted by Crippen LogP contribution is -2.36. The van der Waals surface area contributed by atoms with Gasteiger partial charge in [-0.1, -0.05) is 50.2 Å². The Kier molecular flexibility index (Phi) is 6.21. The summed E-state index contributed by atoms with van der Waals surface area (Å²) in [6.07, 6.45) is 0.903. The molecule has 2 rings (SSSR count). The van der Waals surface area contributed by atoms with Crippen molar-refractivity contribution in [3.63, 3.8) is 0 Å². The molecule has 0 aliphatic carbocycles. The summed E-state index contributed by atoms with van der Waals surface area (Å²) in [5, 5.41) is 3.48. The molecular weight excluding hydrogens is 286 g/mol. The number of anilines is 1. The summed E-state index contributed by atoms with van der Waals surface area (Å²) >= 11 is 0. The number of para-hydroxylation sites is 2. The van der Waals surface area contributed by atoms with E-state index in [0.717, 1.165) is 12.1 Å². The smallest absolute Gasteiger partial charge is 0.316 e. The van der Waals surface area contributed by atoms with Gasteiger partial charge in [0, 0.05) is 11.7 Å². The molecule has 0 unspecified atom stereocenters. The molecule has 0 fully saturated rings. The van der Waals surface area contributed by atoms with Gasteiger partial charge in [0.2, 0.25) is 0 Å². The maximum atomic E-state index is 12.5. The molecule has 2 atom stereocenters.